The molecule has 8 nitrogen and oxygen atoms in total. The molecule has 156 valence electrons. The number of nitrogens with zero attached hydrogens (tertiary/aromatic N) is 3. The van der Waals surface area contributed by atoms with Gasteiger partial charge in [-0.1, -0.05) is 6.92 Å². The molecule has 0 saturated carbocycles. The van der Waals surface area contributed by atoms with E-state index in [2.05, 4.69) is 15.3 Å². The Bertz CT molecular complexity index is 904. The number of piperidine rings is 1. The fourth-order valence-electron chi connectivity index (χ4n) is 3.51. The zero-order valence-electron chi connectivity index (χ0n) is 17.2. The molecule has 2 heterocycles. The first kappa shape index (κ1) is 20.7. The molecule has 0 spiro atoms. The molecule has 1 saturated heterocycles. The van der Waals surface area contributed by atoms with Gasteiger partial charge in [0, 0.05) is 37.7 Å². The lowest BCUT2D eigenvalue weighted by molar-refractivity contribution is -0.120. The van der Waals surface area contributed by atoms with Gasteiger partial charge in [0.05, 0.1) is 31.8 Å². The third-order valence-corrected chi connectivity index (χ3v) is 5.19. The first-order valence-electron chi connectivity index (χ1n) is 9.90. The Balaban J connectivity index is 1.60. The van der Waals surface area contributed by atoms with Gasteiger partial charge >= 0.3 is 0 Å². The summed E-state index contributed by atoms with van der Waals surface area (Å²) in [6, 6.07) is 6.94. The van der Waals surface area contributed by atoms with E-state index >= 15 is 0 Å². The summed E-state index contributed by atoms with van der Waals surface area (Å²) in [6.07, 6.45) is 4.02. The number of anilines is 2. The maximum Gasteiger partial charge on any atom is 0.268 e. The molecule has 1 amide bonds. The fraction of sp³-hybridized carbons (Fsp3) is 0.476. The maximum absolute atomic E-state index is 12.7. The molecular formula is C21H28N4O4. The maximum atomic E-state index is 12.7. The number of methoxy groups -OCH3 is 2. The Morgan fingerprint density at radius 3 is 2.59 bits per heavy atom. The van der Waals surface area contributed by atoms with Crippen LogP contribution < -0.4 is 25.2 Å². The van der Waals surface area contributed by atoms with Crippen molar-refractivity contribution in [1.29, 1.82) is 0 Å². The van der Waals surface area contributed by atoms with Crippen molar-refractivity contribution in [2.24, 2.45) is 5.92 Å². The molecule has 0 atom stereocenters. The molecule has 1 N–H and O–H groups in total. The minimum atomic E-state index is -0.0912. The molecule has 2 aromatic rings. The van der Waals surface area contributed by atoms with E-state index in [0.29, 0.717) is 49.7 Å². The van der Waals surface area contributed by atoms with Crippen LogP contribution in [0, 0.1) is 5.92 Å². The van der Waals surface area contributed by atoms with Gasteiger partial charge in [0.15, 0.2) is 0 Å². The summed E-state index contributed by atoms with van der Waals surface area (Å²) in [4.78, 5) is 27.0. The SMILES string of the molecule is CCCn1ncc(N2CCC(C(=O)Nc3ccc(OC)cc3OC)CC2)cc1=O. The Morgan fingerprint density at radius 1 is 1.21 bits per heavy atom. The summed E-state index contributed by atoms with van der Waals surface area (Å²) >= 11 is 0. The third kappa shape index (κ3) is 4.88. The van der Waals surface area contributed by atoms with E-state index in [4.69, 9.17) is 9.47 Å². The van der Waals surface area contributed by atoms with Gasteiger partial charge in [0.25, 0.3) is 5.56 Å². The highest BCUT2D eigenvalue weighted by molar-refractivity contribution is 5.94. The van der Waals surface area contributed by atoms with Crippen molar-refractivity contribution < 1.29 is 14.3 Å². The third-order valence-electron chi connectivity index (χ3n) is 5.19. The number of aromatic nitrogens is 2. The molecule has 0 radical (unpaired) electrons. The van der Waals surface area contributed by atoms with Crippen LogP contribution in [0.3, 0.4) is 0 Å². The molecule has 8 heteroatoms. The summed E-state index contributed by atoms with van der Waals surface area (Å²) in [5.74, 6) is 1.12. The number of ether oxygens (including phenoxy) is 2. The largest absolute Gasteiger partial charge is 0.497 e. The molecular weight excluding hydrogens is 372 g/mol. The van der Waals surface area contributed by atoms with E-state index in [9.17, 15) is 9.59 Å². The molecule has 29 heavy (non-hydrogen) atoms. The van der Waals surface area contributed by atoms with Crippen LogP contribution in [-0.2, 0) is 11.3 Å². The first-order valence-corrected chi connectivity index (χ1v) is 9.90. The summed E-state index contributed by atoms with van der Waals surface area (Å²) in [7, 11) is 3.15. The monoisotopic (exact) mass is 400 g/mol. The predicted molar refractivity (Wildman–Crippen MR) is 112 cm³/mol. The number of hydrogen-bond acceptors (Lipinski definition) is 6. The van der Waals surface area contributed by atoms with Crippen molar-refractivity contribution in [3.63, 3.8) is 0 Å². The summed E-state index contributed by atoms with van der Waals surface area (Å²) < 4.78 is 12.0. The van der Waals surface area contributed by atoms with Gasteiger partial charge in [-0.2, -0.15) is 5.10 Å². The normalized spacial score (nSPS) is 14.5. The number of hydrogen-bond donors (Lipinski definition) is 1. The number of benzene rings is 1. The molecule has 1 aliphatic rings. The van der Waals surface area contributed by atoms with E-state index in [1.807, 2.05) is 6.92 Å². The zero-order chi connectivity index (χ0) is 20.8. The van der Waals surface area contributed by atoms with Crippen LogP contribution in [0.4, 0.5) is 11.4 Å². The average molecular weight is 400 g/mol. The predicted octanol–water partition coefficient (Wildman–Crippen LogP) is 2.53. The minimum absolute atomic E-state index is 0.0235. The number of rotatable bonds is 7. The van der Waals surface area contributed by atoms with Crippen molar-refractivity contribution >= 4 is 17.3 Å². The van der Waals surface area contributed by atoms with Gasteiger partial charge in [-0.05, 0) is 31.4 Å². The Morgan fingerprint density at radius 2 is 1.97 bits per heavy atom. The van der Waals surface area contributed by atoms with Crippen molar-refractivity contribution in [3.8, 4) is 11.5 Å². The van der Waals surface area contributed by atoms with Gasteiger partial charge in [0.2, 0.25) is 5.91 Å². The highest BCUT2D eigenvalue weighted by atomic mass is 16.5. The molecule has 1 fully saturated rings. The summed E-state index contributed by atoms with van der Waals surface area (Å²) in [5.41, 5.74) is 1.36. The van der Waals surface area contributed by atoms with Crippen molar-refractivity contribution in [1.82, 2.24) is 9.78 Å². The standard InChI is InChI=1S/C21H28N4O4/c1-4-9-25-20(26)12-16(14-22-25)24-10-7-15(8-11-24)21(27)23-18-6-5-17(28-2)13-19(18)29-3/h5-6,12-15H,4,7-11H2,1-3H3,(H,23,27). The highest BCUT2D eigenvalue weighted by Gasteiger charge is 2.26. The van der Waals surface area contributed by atoms with Gasteiger partial charge in [-0.25, -0.2) is 4.68 Å². The summed E-state index contributed by atoms with van der Waals surface area (Å²) in [6.45, 7) is 4.04. The van der Waals surface area contributed by atoms with E-state index in [0.717, 1.165) is 12.1 Å². The molecule has 0 unspecified atom stereocenters. The van der Waals surface area contributed by atoms with Crippen molar-refractivity contribution in [2.75, 3.05) is 37.5 Å². The Kier molecular flexibility index (Phi) is 6.74. The van der Waals surface area contributed by atoms with Crippen LogP contribution in [0.2, 0.25) is 0 Å². The summed E-state index contributed by atoms with van der Waals surface area (Å²) in [5, 5.41) is 7.21. The number of aryl methyl sites for hydroxylation is 1. The van der Waals surface area contributed by atoms with Crippen molar-refractivity contribution in [2.45, 2.75) is 32.7 Å². The van der Waals surface area contributed by atoms with Gasteiger partial charge < -0.3 is 19.7 Å². The smallest absolute Gasteiger partial charge is 0.268 e. The van der Waals surface area contributed by atoms with Crippen LogP contribution in [0.15, 0.2) is 35.3 Å². The lowest BCUT2D eigenvalue weighted by Crippen LogP contribution is -2.39. The van der Waals surface area contributed by atoms with Crippen LogP contribution >= 0.6 is 0 Å². The average Bonchev–Trinajstić information content (AvgIpc) is 2.75. The number of carbonyl (C=O) groups excluding carboxylic acids is 1. The Labute approximate surface area is 170 Å². The lowest BCUT2D eigenvalue weighted by atomic mass is 9.95. The van der Waals surface area contributed by atoms with Crippen LogP contribution in [-0.4, -0.2) is 43.0 Å². The molecule has 1 aliphatic heterocycles. The topological polar surface area (TPSA) is 85.7 Å². The molecule has 1 aromatic carbocycles. The quantitative estimate of drug-likeness (QED) is 0.769. The molecule has 1 aromatic heterocycles. The van der Waals surface area contributed by atoms with Crippen molar-refractivity contribution in [3.05, 3.63) is 40.8 Å². The number of carbonyl (C=O) groups is 1. The van der Waals surface area contributed by atoms with E-state index in [1.165, 1.54) is 4.68 Å². The second-order valence-corrected chi connectivity index (χ2v) is 7.09. The van der Waals surface area contributed by atoms with E-state index < -0.39 is 0 Å². The first-order chi connectivity index (χ1) is 14.0. The second-order valence-electron chi connectivity index (χ2n) is 7.09. The molecule has 3 rings (SSSR count). The van der Waals surface area contributed by atoms with E-state index in [-0.39, 0.29) is 17.4 Å². The lowest BCUT2D eigenvalue weighted by Gasteiger charge is -2.32. The highest BCUT2D eigenvalue weighted by Crippen LogP contribution is 2.30. The fourth-order valence-corrected chi connectivity index (χ4v) is 3.51. The van der Waals surface area contributed by atoms with Crippen LogP contribution in [0.1, 0.15) is 26.2 Å². The Hall–Kier alpha value is -3.03. The number of amides is 1. The molecule has 0 bridgehead atoms. The van der Waals surface area contributed by atoms with Gasteiger partial charge in [0.1, 0.15) is 11.5 Å². The van der Waals surface area contributed by atoms with Crippen LogP contribution in [0.25, 0.3) is 0 Å². The number of nitrogens with one attached hydrogen (secondary N) is 1. The molecule has 0 aliphatic carbocycles. The minimum Gasteiger partial charge on any atom is -0.497 e. The van der Waals surface area contributed by atoms with Crippen LogP contribution in [0.5, 0.6) is 11.5 Å². The van der Waals surface area contributed by atoms with Gasteiger partial charge in [-0.15, -0.1) is 0 Å². The van der Waals surface area contributed by atoms with E-state index in [1.54, 1.807) is 44.7 Å². The van der Waals surface area contributed by atoms with Gasteiger partial charge in [-0.3, -0.25) is 9.59 Å². The zero-order valence-corrected chi connectivity index (χ0v) is 17.2. The second kappa shape index (κ2) is 9.45.